The number of hydrogen-bond donors (Lipinski definition) is 3. The average molecular weight is 360 g/mol. The van der Waals surface area contributed by atoms with Crippen molar-refractivity contribution >= 4 is 5.69 Å². The van der Waals surface area contributed by atoms with Gasteiger partial charge in [-0.2, -0.15) is 0 Å². The Morgan fingerprint density at radius 3 is 2.69 bits per heavy atom. The zero-order chi connectivity index (χ0) is 18.9. The largest absolute Gasteiger partial charge is 0.390 e. The van der Waals surface area contributed by atoms with Gasteiger partial charge in [0.1, 0.15) is 17.3 Å². The van der Waals surface area contributed by atoms with Crippen LogP contribution in [0.2, 0.25) is 0 Å². The Kier molecular flexibility index (Phi) is 3.57. The second-order valence-corrected chi connectivity index (χ2v) is 8.39. The summed E-state index contributed by atoms with van der Waals surface area (Å²) in [6, 6.07) is 3.28. The first-order chi connectivity index (χ1) is 12.1. The second kappa shape index (κ2) is 5.30. The first-order valence-corrected chi connectivity index (χ1v) is 9.05. The van der Waals surface area contributed by atoms with Gasteiger partial charge in [0, 0.05) is 16.7 Å². The monoisotopic (exact) mass is 360 g/mol. The zero-order valence-corrected chi connectivity index (χ0v) is 15.6. The Labute approximate surface area is 152 Å². The van der Waals surface area contributed by atoms with Crippen LogP contribution < -0.4 is 5.32 Å². The Morgan fingerprint density at radius 2 is 2.00 bits per heavy atom. The van der Waals surface area contributed by atoms with E-state index >= 15 is 0 Å². The van der Waals surface area contributed by atoms with Crippen LogP contribution in [0.3, 0.4) is 0 Å². The van der Waals surface area contributed by atoms with E-state index in [2.05, 4.69) is 17.4 Å². The summed E-state index contributed by atoms with van der Waals surface area (Å²) in [5.41, 5.74) is 0.796. The van der Waals surface area contributed by atoms with Gasteiger partial charge in [-0.3, -0.25) is 0 Å². The summed E-state index contributed by atoms with van der Waals surface area (Å²) < 4.78 is 20.2. The molecule has 5 nitrogen and oxygen atoms in total. The predicted molar refractivity (Wildman–Crippen MR) is 96.4 cm³/mol. The van der Waals surface area contributed by atoms with Crippen LogP contribution in [0, 0.1) is 12.7 Å². The third kappa shape index (κ3) is 2.00. The van der Waals surface area contributed by atoms with Crippen molar-refractivity contribution < 1.29 is 19.1 Å². The Bertz CT molecular complexity index is 891. The molecule has 0 amide bonds. The van der Waals surface area contributed by atoms with E-state index in [9.17, 15) is 14.6 Å². The fraction of sp³-hybridized carbons (Fsp3) is 0.550. The molecule has 140 valence electrons. The summed E-state index contributed by atoms with van der Waals surface area (Å²) in [7, 11) is 0. The van der Waals surface area contributed by atoms with Crippen LogP contribution in [0.4, 0.5) is 10.1 Å². The number of benzene rings is 1. The second-order valence-electron chi connectivity index (χ2n) is 8.39. The fourth-order valence-electron chi connectivity index (χ4n) is 5.18. The van der Waals surface area contributed by atoms with E-state index in [0.29, 0.717) is 34.7 Å². The number of rotatable bonds is 2. The van der Waals surface area contributed by atoms with Crippen molar-refractivity contribution in [3.8, 4) is 11.1 Å². The van der Waals surface area contributed by atoms with Crippen LogP contribution in [0.15, 0.2) is 16.7 Å². The molecule has 1 saturated carbocycles. The first kappa shape index (κ1) is 17.5. The van der Waals surface area contributed by atoms with Crippen LogP contribution in [-0.2, 0) is 12.0 Å². The summed E-state index contributed by atoms with van der Waals surface area (Å²) >= 11 is 0. The van der Waals surface area contributed by atoms with E-state index in [-0.39, 0.29) is 6.61 Å². The van der Waals surface area contributed by atoms with E-state index in [0.717, 1.165) is 18.4 Å². The van der Waals surface area contributed by atoms with Crippen LogP contribution in [0.1, 0.15) is 57.1 Å². The van der Waals surface area contributed by atoms with Crippen LogP contribution in [0.25, 0.3) is 11.1 Å². The quantitative estimate of drug-likeness (QED) is 0.762. The Hall–Kier alpha value is -1.92. The van der Waals surface area contributed by atoms with E-state index in [1.165, 1.54) is 6.07 Å². The predicted octanol–water partition coefficient (Wildman–Crippen LogP) is 3.66. The summed E-state index contributed by atoms with van der Waals surface area (Å²) in [5.74, 6) is 0.0592. The molecule has 1 aromatic heterocycles. The molecule has 6 heteroatoms. The van der Waals surface area contributed by atoms with Gasteiger partial charge in [0.2, 0.25) is 0 Å². The number of halogens is 1. The molecule has 2 atom stereocenters. The van der Waals surface area contributed by atoms with Gasteiger partial charge in [0.25, 0.3) is 0 Å². The number of aromatic nitrogens is 1. The molecule has 2 aromatic rings. The minimum Gasteiger partial charge on any atom is -0.390 e. The van der Waals surface area contributed by atoms with Crippen molar-refractivity contribution in [3.63, 3.8) is 0 Å². The van der Waals surface area contributed by atoms with Crippen molar-refractivity contribution in [3.05, 3.63) is 35.0 Å². The van der Waals surface area contributed by atoms with E-state index in [1.807, 2.05) is 13.8 Å². The highest BCUT2D eigenvalue weighted by atomic mass is 19.1. The van der Waals surface area contributed by atoms with Gasteiger partial charge in [0.05, 0.1) is 23.3 Å². The maximum atomic E-state index is 15.0. The molecule has 2 heterocycles. The van der Waals surface area contributed by atoms with Crippen molar-refractivity contribution in [2.75, 3.05) is 5.32 Å². The van der Waals surface area contributed by atoms with Gasteiger partial charge in [-0.15, -0.1) is 0 Å². The van der Waals surface area contributed by atoms with Crippen molar-refractivity contribution in [2.45, 2.75) is 70.1 Å². The third-order valence-electron chi connectivity index (χ3n) is 6.66. The molecule has 0 radical (unpaired) electrons. The lowest BCUT2D eigenvalue weighted by Crippen LogP contribution is -2.65. The number of hydrogen-bond acceptors (Lipinski definition) is 5. The molecular formula is C20H25FN2O3. The van der Waals surface area contributed by atoms with Crippen LogP contribution in [0.5, 0.6) is 0 Å². The average Bonchev–Trinajstić information content (AvgIpc) is 3.09. The molecule has 0 spiro atoms. The third-order valence-corrected chi connectivity index (χ3v) is 6.66. The Morgan fingerprint density at radius 1 is 1.27 bits per heavy atom. The number of anilines is 1. The number of nitrogens with zero attached hydrogens (tertiary/aromatic N) is 1. The molecule has 0 bridgehead atoms. The molecule has 0 saturated heterocycles. The molecule has 1 aliphatic heterocycles. The number of aliphatic hydroxyl groups excluding tert-OH is 1. The van der Waals surface area contributed by atoms with E-state index in [1.54, 1.807) is 13.0 Å². The minimum absolute atomic E-state index is 0.317. The van der Waals surface area contributed by atoms with Gasteiger partial charge >= 0.3 is 0 Å². The van der Waals surface area contributed by atoms with Gasteiger partial charge in [0.15, 0.2) is 0 Å². The van der Waals surface area contributed by atoms with E-state index in [4.69, 9.17) is 4.52 Å². The van der Waals surface area contributed by atoms with Crippen molar-refractivity contribution in [1.29, 1.82) is 0 Å². The lowest BCUT2D eigenvalue weighted by molar-refractivity contribution is -0.0628. The van der Waals surface area contributed by atoms with Crippen molar-refractivity contribution in [2.24, 2.45) is 0 Å². The maximum absolute atomic E-state index is 15.0. The maximum Gasteiger partial charge on any atom is 0.141 e. The standard InChI is InChI=1S/C20H25FN2O3/c1-11-17(16(10-24)23-26-11)12-8-13-15(9-14(12)21)22-18(2,3)20(25)7-5-6-19(13,20)4/h8-9,22,24-25H,5-7,10H2,1-4H3. The summed E-state index contributed by atoms with van der Waals surface area (Å²) in [5, 5.41) is 28.3. The number of aliphatic hydroxyl groups is 2. The SMILES string of the molecule is Cc1onc(CO)c1-c1cc2c(cc1F)NC(C)(C)C1(O)CCCC21C. The van der Waals surface area contributed by atoms with Gasteiger partial charge in [-0.25, -0.2) is 4.39 Å². The number of fused-ring (bicyclic) bond motifs is 3. The normalized spacial score (nSPS) is 29.2. The highest BCUT2D eigenvalue weighted by Crippen LogP contribution is 2.59. The molecule has 3 N–H and O–H groups in total. The van der Waals surface area contributed by atoms with Gasteiger partial charge in [-0.1, -0.05) is 12.1 Å². The van der Waals surface area contributed by atoms with Gasteiger partial charge < -0.3 is 20.1 Å². The van der Waals surface area contributed by atoms with Gasteiger partial charge in [-0.05, 0) is 57.7 Å². The molecule has 1 aromatic carbocycles. The number of aryl methyl sites for hydroxylation is 1. The highest BCUT2D eigenvalue weighted by Gasteiger charge is 2.62. The highest BCUT2D eigenvalue weighted by molar-refractivity contribution is 5.75. The molecule has 2 unspecified atom stereocenters. The number of nitrogens with one attached hydrogen (secondary N) is 1. The molecule has 1 aliphatic carbocycles. The summed E-state index contributed by atoms with van der Waals surface area (Å²) in [4.78, 5) is 0. The van der Waals surface area contributed by atoms with E-state index < -0.39 is 22.4 Å². The lowest BCUT2D eigenvalue weighted by Gasteiger charge is -2.55. The molecule has 4 rings (SSSR count). The lowest BCUT2D eigenvalue weighted by atomic mass is 9.60. The molecular weight excluding hydrogens is 335 g/mol. The van der Waals surface area contributed by atoms with Crippen LogP contribution >= 0.6 is 0 Å². The minimum atomic E-state index is -0.925. The molecule has 1 fully saturated rings. The molecule has 26 heavy (non-hydrogen) atoms. The molecule has 2 aliphatic rings. The Balaban J connectivity index is 1.98. The van der Waals surface area contributed by atoms with Crippen molar-refractivity contribution in [1.82, 2.24) is 5.16 Å². The topological polar surface area (TPSA) is 78.5 Å². The summed E-state index contributed by atoms with van der Waals surface area (Å²) in [6.45, 7) is 7.39. The summed E-state index contributed by atoms with van der Waals surface area (Å²) in [6.07, 6.45) is 2.45. The van der Waals surface area contributed by atoms with Crippen LogP contribution in [-0.4, -0.2) is 26.5 Å². The zero-order valence-electron chi connectivity index (χ0n) is 15.6. The fourth-order valence-corrected chi connectivity index (χ4v) is 5.18. The smallest absolute Gasteiger partial charge is 0.141 e. The first-order valence-electron chi connectivity index (χ1n) is 9.05.